The van der Waals surface area contributed by atoms with E-state index >= 15 is 0 Å². The highest BCUT2D eigenvalue weighted by Gasteiger charge is 2.46. The summed E-state index contributed by atoms with van der Waals surface area (Å²) in [5.41, 5.74) is 4.25. The number of amides is 1. The molecule has 8 heteroatoms. The van der Waals surface area contributed by atoms with Crippen LogP contribution in [0.1, 0.15) is 64.9 Å². The average Bonchev–Trinajstić information content (AvgIpc) is 2.85. The number of ketones is 2. The monoisotopic (exact) mass is 606 g/mol. The summed E-state index contributed by atoms with van der Waals surface area (Å²) in [5, 5.41) is 6.35. The van der Waals surface area contributed by atoms with Gasteiger partial charge in [-0.1, -0.05) is 45.9 Å². The van der Waals surface area contributed by atoms with Gasteiger partial charge in [-0.05, 0) is 69.4 Å². The number of allylic oxidation sites excluding steroid dienone is 4. The van der Waals surface area contributed by atoms with E-state index in [-0.39, 0.29) is 34.9 Å². The minimum atomic E-state index is -0.501. The number of dihydropyridines is 1. The van der Waals surface area contributed by atoms with Crippen LogP contribution in [0.5, 0.6) is 11.5 Å². The first-order valence-corrected chi connectivity index (χ1v) is 14.3. The van der Waals surface area contributed by atoms with Crippen LogP contribution in [-0.2, 0) is 14.4 Å². The van der Waals surface area contributed by atoms with Crippen LogP contribution in [0, 0.1) is 10.8 Å². The SMILES string of the molecule is COc1cc(C2C3=C(CC(C)(C)CC3=O)NC3=C2C(=O)CC(C)(C)C3)cc(Br)c1OCC(=O)Nc1ccccc1. The normalized spacial score (nSPS) is 19.9. The first-order valence-electron chi connectivity index (χ1n) is 13.5. The molecule has 5 rings (SSSR count). The maximum atomic E-state index is 13.6. The summed E-state index contributed by atoms with van der Waals surface area (Å²) in [6.45, 7) is 8.19. The number of nitrogens with one attached hydrogen (secondary N) is 2. The van der Waals surface area contributed by atoms with Gasteiger partial charge in [0, 0.05) is 47.0 Å². The summed E-state index contributed by atoms with van der Waals surface area (Å²) >= 11 is 3.61. The lowest BCUT2D eigenvalue weighted by molar-refractivity contribution is -0.119. The van der Waals surface area contributed by atoms with E-state index in [4.69, 9.17) is 9.47 Å². The Labute approximate surface area is 243 Å². The van der Waals surface area contributed by atoms with Crippen molar-refractivity contribution in [2.45, 2.75) is 59.3 Å². The van der Waals surface area contributed by atoms with Gasteiger partial charge in [-0.25, -0.2) is 0 Å². The van der Waals surface area contributed by atoms with Crippen LogP contribution in [0.4, 0.5) is 5.69 Å². The Morgan fingerprint density at radius 3 is 2.08 bits per heavy atom. The molecule has 0 radical (unpaired) electrons. The Hall–Kier alpha value is -3.39. The van der Waals surface area contributed by atoms with Gasteiger partial charge in [0.15, 0.2) is 29.7 Å². The van der Waals surface area contributed by atoms with Gasteiger partial charge in [0.25, 0.3) is 5.91 Å². The zero-order valence-electron chi connectivity index (χ0n) is 23.6. The van der Waals surface area contributed by atoms with Crippen molar-refractivity contribution in [2.75, 3.05) is 19.0 Å². The van der Waals surface area contributed by atoms with Crippen LogP contribution in [-0.4, -0.2) is 31.2 Å². The Kier molecular flexibility index (Phi) is 7.42. The van der Waals surface area contributed by atoms with Gasteiger partial charge in [-0.3, -0.25) is 14.4 Å². The molecule has 3 aliphatic rings. The third kappa shape index (κ3) is 5.59. The summed E-state index contributed by atoms with van der Waals surface area (Å²) in [7, 11) is 1.53. The van der Waals surface area contributed by atoms with Crippen molar-refractivity contribution in [3.05, 3.63) is 75.0 Å². The van der Waals surface area contributed by atoms with Gasteiger partial charge in [-0.2, -0.15) is 0 Å². The summed E-state index contributed by atoms with van der Waals surface area (Å²) in [5.74, 6) is 0.0878. The van der Waals surface area contributed by atoms with Gasteiger partial charge in [0.2, 0.25) is 0 Å². The van der Waals surface area contributed by atoms with Crippen LogP contribution in [0.2, 0.25) is 0 Å². The summed E-state index contributed by atoms with van der Waals surface area (Å²) in [6, 6.07) is 12.9. The van der Waals surface area contributed by atoms with Crippen molar-refractivity contribution >= 4 is 39.1 Å². The second kappa shape index (κ2) is 10.5. The van der Waals surface area contributed by atoms with E-state index in [2.05, 4.69) is 54.3 Å². The number of hydrogen-bond donors (Lipinski definition) is 2. The molecule has 2 aromatic carbocycles. The third-order valence-corrected chi connectivity index (χ3v) is 8.30. The molecule has 0 bridgehead atoms. The molecule has 210 valence electrons. The molecule has 2 aliphatic carbocycles. The Balaban J connectivity index is 1.52. The standard InChI is InChI=1S/C32H35BrN2O5/c1-31(2)13-21-28(23(36)15-31)27(29-22(35-21)14-32(3,4)16-24(29)37)18-11-20(33)30(25(12-18)39-5)40-17-26(38)34-19-9-7-6-8-10-19/h6-12,27,35H,13-17H2,1-5H3,(H,34,38). The van der Waals surface area contributed by atoms with Crippen molar-refractivity contribution in [2.24, 2.45) is 10.8 Å². The molecule has 1 heterocycles. The number of Topliss-reactive ketones (excluding diaryl/α,β-unsaturated/α-hetero) is 2. The smallest absolute Gasteiger partial charge is 0.262 e. The molecule has 0 atom stereocenters. The molecule has 0 saturated heterocycles. The fourth-order valence-corrected chi connectivity index (χ4v) is 6.70. The quantitative estimate of drug-likeness (QED) is 0.392. The highest BCUT2D eigenvalue weighted by Crippen LogP contribution is 2.52. The fraction of sp³-hybridized carbons (Fsp3) is 0.406. The molecule has 7 nitrogen and oxygen atoms in total. The predicted molar refractivity (Wildman–Crippen MR) is 157 cm³/mol. The van der Waals surface area contributed by atoms with Crippen molar-refractivity contribution in [3.63, 3.8) is 0 Å². The molecule has 1 aliphatic heterocycles. The molecule has 0 saturated carbocycles. The van der Waals surface area contributed by atoms with Gasteiger partial charge < -0.3 is 20.1 Å². The largest absolute Gasteiger partial charge is 0.493 e. The van der Waals surface area contributed by atoms with E-state index < -0.39 is 5.92 Å². The highest BCUT2D eigenvalue weighted by molar-refractivity contribution is 9.10. The number of hydrogen-bond acceptors (Lipinski definition) is 6. The number of halogens is 1. The second-order valence-electron chi connectivity index (χ2n) is 12.5. The molecule has 2 N–H and O–H groups in total. The van der Waals surface area contributed by atoms with Gasteiger partial charge in [0.1, 0.15) is 0 Å². The minimum absolute atomic E-state index is 0.0564. The van der Waals surface area contributed by atoms with Gasteiger partial charge >= 0.3 is 0 Å². The van der Waals surface area contributed by atoms with E-state index in [9.17, 15) is 14.4 Å². The minimum Gasteiger partial charge on any atom is -0.493 e. The summed E-state index contributed by atoms with van der Waals surface area (Å²) < 4.78 is 12.2. The van der Waals surface area contributed by atoms with E-state index in [0.717, 1.165) is 29.8 Å². The number of para-hydroxylation sites is 1. The molecule has 40 heavy (non-hydrogen) atoms. The van der Waals surface area contributed by atoms with Crippen LogP contribution >= 0.6 is 15.9 Å². The van der Waals surface area contributed by atoms with E-state index in [1.807, 2.05) is 30.3 Å². The molecule has 0 unspecified atom stereocenters. The number of carbonyl (C=O) groups excluding carboxylic acids is 3. The Bertz CT molecular complexity index is 1400. The fourth-order valence-electron chi connectivity index (χ4n) is 6.12. The Morgan fingerprint density at radius 2 is 1.52 bits per heavy atom. The molecule has 1 amide bonds. The third-order valence-electron chi connectivity index (χ3n) is 7.71. The van der Waals surface area contributed by atoms with Crippen molar-refractivity contribution < 1.29 is 23.9 Å². The summed E-state index contributed by atoms with van der Waals surface area (Å²) in [4.78, 5) is 39.8. The summed E-state index contributed by atoms with van der Waals surface area (Å²) in [6.07, 6.45) is 2.29. The number of benzene rings is 2. The van der Waals surface area contributed by atoms with Crippen molar-refractivity contribution in [1.29, 1.82) is 0 Å². The average molecular weight is 608 g/mol. The van der Waals surface area contributed by atoms with Crippen LogP contribution < -0.4 is 20.1 Å². The van der Waals surface area contributed by atoms with Crippen molar-refractivity contribution in [3.8, 4) is 11.5 Å². The van der Waals surface area contributed by atoms with Gasteiger partial charge in [0.05, 0.1) is 11.6 Å². The lowest BCUT2D eigenvalue weighted by Gasteiger charge is -2.44. The number of methoxy groups -OCH3 is 1. The first kappa shape index (κ1) is 28.1. The maximum Gasteiger partial charge on any atom is 0.262 e. The highest BCUT2D eigenvalue weighted by atomic mass is 79.9. The number of carbonyl (C=O) groups is 3. The van der Waals surface area contributed by atoms with Crippen molar-refractivity contribution in [1.82, 2.24) is 5.32 Å². The number of ether oxygens (including phenoxy) is 2. The first-order chi connectivity index (χ1) is 18.9. The lowest BCUT2D eigenvalue weighted by Crippen LogP contribution is -2.42. The second-order valence-corrected chi connectivity index (χ2v) is 13.3. The molecular formula is C32H35BrN2O5. The van der Waals surface area contributed by atoms with Gasteiger partial charge in [-0.15, -0.1) is 0 Å². The molecule has 0 fully saturated rings. The Morgan fingerprint density at radius 1 is 0.950 bits per heavy atom. The zero-order chi connectivity index (χ0) is 28.8. The number of rotatable bonds is 6. The molecular weight excluding hydrogens is 572 g/mol. The van der Waals surface area contributed by atoms with Crippen LogP contribution in [0.25, 0.3) is 0 Å². The molecule has 0 aromatic heterocycles. The topological polar surface area (TPSA) is 93.7 Å². The molecule has 0 spiro atoms. The lowest BCUT2D eigenvalue weighted by atomic mass is 9.64. The molecule has 2 aromatic rings. The van der Waals surface area contributed by atoms with E-state index in [0.29, 0.717) is 45.6 Å². The number of anilines is 1. The van der Waals surface area contributed by atoms with Crippen LogP contribution in [0.3, 0.4) is 0 Å². The van der Waals surface area contributed by atoms with Crippen LogP contribution in [0.15, 0.2) is 69.5 Å². The van der Waals surface area contributed by atoms with E-state index in [1.165, 1.54) is 7.11 Å². The zero-order valence-corrected chi connectivity index (χ0v) is 25.2. The van der Waals surface area contributed by atoms with E-state index in [1.54, 1.807) is 12.1 Å². The predicted octanol–water partition coefficient (Wildman–Crippen LogP) is 6.45. The maximum absolute atomic E-state index is 13.6.